The Morgan fingerprint density at radius 1 is 1.17 bits per heavy atom. The van der Waals surface area contributed by atoms with Crippen molar-refractivity contribution >= 4 is 0 Å². The van der Waals surface area contributed by atoms with Gasteiger partial charge in [-0.25, -0.2) is 0 Å². The first-order valence-electron chi connectivity index (χ1n) is 5.99. The van der Waals surface area contributed by atoms with Crippen LogP contribution >= 0.6 is 0 Å². The maximum Gasteiger partial charge on any atom is 0.231 e. The predicted molar refractivity (Wildman–Crippen MR) is 63.3 cm³/mol. The molecule has 2 aliphatic heterocycles. The van der Waals surface area contributed by atoms with Crippen molar-refractivity contribution in [2.24, 2.45) is 0 Å². The highest BCUT2D eigenvalue weighted by Crippen LogP contribution is 2.35. The summed E-state index contributed by atoms with van der Waals surface area (Å²) in [5.74, 6) is 1.47. The number of hydrogen-bond acceptors (Lipinski definition) is 5. The Bertz CT molecular complexity index is 478. The van der Waals surface area contributed by atoms with Crippen molar-refractivity contribution in [1.82, 2.24) is 4.90 Å². The summed E-state index contributed by atoms with van der Waals surface area (Å²) in [4.78, 5) is 2.13. The van der Waals surface area contributed by atoms with Gasteiger partial charge in [0.1, 0.15) is 6.04 Å². The van der Waals surface area contributed by atoms with Gasteiger partial charge in [0, 0.05) is 13.1 Å². The third kappa shape index (κ3) is 2.01. The highest BCUT2D eigenvalue weighted by Gasteiger charge is 2.24. The number of rotatable bonds is 2. The minimum atomic E-state index is -0.247. The lowest BCUT2D eigenvalue weighted by Gasteiger charge is -2.30. The molecule has 18 heavy (non-hydrogen) atoms. The molecule has 1 saturated heterocycles. The van der Waals surface area contributed by atoms with Gasteiger partial charge < -0.3 is 14.2 Å². The Morgan fingerprint density at radius 3 is 2.72 bits per heavy atom. The molecule has 0 unspecified atom stereocenters. The van der Waals surface area contributed by atoms with E-state index in [0.29, 0.717) is 13.2 Å². The van der Waals surface area contributed by atoms with Gasteiger partial charge in [0.15, 0.2) is 11.5 Å². The van der Waals surface area contributed by atoms with E-state index in [9.17, 15) is 5.26 Å². The summed E-state index contributed by atoms with van der Waals surface area (Å²) in [6, 6.07) is 7.79. The minimum absolute atomic E-state index is 0.247. The zero-order valence-corrected chi connectivity index (χ0v) is 9.96. The van der Waals surface area contributed by atoms with Crippen molar-refractivity contribution in [3.8, 4) is 17.6 Å². The fourth-order valence-corrected chi connectivity index (χ4v) is 2.29. The molecule has 1 aromatic carbocycles. The van der Waals surface area contributed by atoms with Gasteiger partial charge in [0.2, 0.25) is 6.79 Å². The quantitative estimate of drug-likeness (QED) is 0.787. The molecule has 0 spiro atoms. The second kappa shape index (κ2) is 4.84. The van der Waals surface area contributed by atoms with E-state index in [2.05, 4.69) is 11.0 Å². The molecule has 0 amide bonds. The summed E-state index contributed by atoms with van der Waals surface area (Å²) in [7, 11) is 0. The van der Waals surface area contributed by atoms with Gasteiger partial charge in [0.25, 0.3) is 0 Å². The maximum atomic E-state index is 9.38. The molecule has 94 valence electrons. The third-order valence-corrected chi connectivity index (χ3v) is 3.25. The van der Waals surface area contributed by atoms with E-state index in [1.165, 1.54) is 0 Å². The van der Waals surface area contributed by atoms with Crippen LogP contribution in [-0.4, -0.2) is 38.0 Å². The Hall–Kier alpha value is -1.77. The van der Waals surface area contributed by atoms with Gasteiger partial charge in [-0.3, -0.25) is 4.90 Å². The molecule has 0 aliphatic carbocycles. The highest BCUT2D eigenvalue weighted by molar-refractivity contribution is 5.46. The molecule has 0 saturated carbocycles. The Morgan fingerprint density at radius 2 is 1.94 bits per heavy atom. The molecule has 0 aromatic heterocycles. The lowest BCUT2D eigenvalue weighted by atomic mass is 10.1. The van der Waals surface area contributed by atoms with Gasteiger partial charge in [-0.05, 0) is 17.7 Å². The molecule has 0 bridgehead atoms. The molecule has 2 aliphatic rings. The van der Waals surface area contributed by atoms with Gasteiger partial charge in [0.05, 0.1) is 19.3 Å². The van der Waals surface area contributed by atoms with Crippen LogP contribution in [0.15, 0.2) is 18.2 Å². The molecule has 0 radical (unpaired) electrons. The topological polar surface area (TPSA) is 54.7 Å². The molecule has 1 fully saturated rings. The van der Waals surface area contributed by atoms with E-state index in [1.54, 1.807) is 0 Å². The molecule has 2 heterocycles. The lowest BCUT2D eigenvalue weighted by molar-refractivity contribution is 0.0266. The molecule has 1 atom stereocenters. The van der Waals surface area contributed by atoms with Crippen LogP contribution in [0.2, 0.25) is 0 Å². The van der Waals surface area contributed by atoms with E-state index >= 15 is 0 Å². The normalized spacial score (nSPS) is 20.4. The van der Waals surface area contributed by atoms with Crippen LogP contribution in [0.4, 0.5) is 0 Å². The number of benzene rings is 1. The van der Waals surface area contributed by atoms with Gasteiger partial charge in [-0.15, -0.1) is 0 Å². The smallest absolute Gasteiger partial charge is 0.231 e. The number of hydrogen-bond donors (Lipinski definition) is 0. The van der Waals surface area contributed by atoms with Gasteiger partial charge >= 0.3 is 0 Å². The molecule has 3 rings (SSSR count). The van der Waals surface area contributed by atoms with E-state index in [0.717, 1.165) is 30.2 Å². The van der Waals surface area contributed by atoms with Gasteiger partial charge in [-0.1, -0.05) is 6.07 Å². The van der Waals surface area contributed by atoms with Crippen molar-refractivity contribution in [2.75, 3.05) is 33.1 Å². The van der Waals surface area contributed by atoms with Crippen LogP contribution < -0.4 is 9.47 Å². The zero-order valence-electron chi connectivity index (χ0n) is 9.96. The first kappa shape index (κ1) is 11.3. The second-order valence-corrected chi connectivity index (χ2v) is 4.29. The average molecular weight is 246 g/mol. The summed E-state index contributed by atoms with van der Waals surface area (Å²) in [6.07, 6.45) is 0. The van der Waals surface area contributed by atoms with Crippen molar-refractivity contribution < 1.29 is 14.2 Å². The Kier molecular flexibility index (Phi) is 3.05. The summed E-state index contributed by atoms with van der Waals surface area (Å²) in [5.41, 5.74) is 0.948. The Balaban J connectivity index is 1.85. The van der Waals surface area contributed by atoms with E-state index in [4.69, 9.17) is 14.2 Å². The molecular weight excluding hydrogens is 232 g/mol. The van der Waals surface area contributed by atoms with E-state index in [1.807, 2.05) is 18.2 Å². The van der Waals surface area contributed by atoms with Crippen LogP contribution in [0.5, 0.6) is 11.5 Å². The summed E-state index contributed by atoms with van der Waals surface area (Å²) in [5, 5.41) is 9.38. The molecule has 0 N–H and O–H groups in total. The van der Waals surface area contributed by atoms with E-state index < -0.39 is 0 Å². The largest absolute Gasteiger partial charge is 0.454 e. The highest BCUT2D eigenvalue weighted by atomic mass is 16.7. The number of nitriles is 1. The van der Waals surface area contributed by atoms with Crippen molar-refractivity contribution in [1.29, 1.82) is 5.26 Å². The lowest BCUT2D eigenvalue weighted by Crippen LogP contribution is -2.38. The summed E-state index contributed by atoms with van der Waals surface area (Å²) >= 11 is 0. The molecular formula is C13H14N2O3. The fourth-order valence-electron chi connectivity index (χ4n) is 2.29. The number of fused-ring (bicyclic) bond motifs is 1. The van der Waals surface area contributed by atoms with Crippen molar-refractivity contribution in [2.45, 2.75) is 6.04 Å². The fraction of sp³-hybridized carbons (Fsp3) is 0.462. The number of nitrogens with zero attached hydrogens (tertiary/aromatic N) is 2. The first-order chi connectivity index (χ1) is 8.88. The summed E-state index contributed by atoms with van der Waals surface area (Å²) < 4.78 is 15.9. The molecule has 5 nitrogen and oxygen atoms in total. The Labute approximate surface area is 105 Å². The van der Waals surface area contributed by atoms with Crippen LogP contribution in [0, 0.1) is 11.3 Å². The van der Waals surface area contributed by atoms with Crippen LogP contribution in [0.25, 0.3) is 0 Å². The maximum absolute atomic E-state index is 9.38. The van der Waals surface area contributed by atoms with Gasteiger partial charge in [-0.2, -0.15) is 5.26 Å². The second-order valence-electron chi connectivity index (χ2n) is 4.29. The van der Waals surface area contributed by atoms with Crippen molar-refractivity contribution in [3.63, 3.8) is 0 Å². The molecule has 5 heteroatoms. The average Bonchev–Trinajstić information content (AvgIpc) is 2.88. The predicted octanol–water partition coefficient (Wildman–Crippen LogP) is 1.31. The van der Waals surface area contributed by atoms with Crippen molar-refractivity contribution in [3.05, 3.63) is 23.8 Å². The molecule has 1 aromatic rings. The number of ether oxygens (including phenoxy) is 3. The van der Waals surface area contributed by atoms with Crippen LogP contribution in [0.1, 0.15) is 11.6 Å². The third-order valence-electron chi connectivity index (χ3n) is 3.25. The number of morpholine rings is 1. The first-order valence-corrected chi connectivity index (χ1v) is 5.99. The summed E-state index contributed by atoms with van der Waals surface area (Å²) in [6.45, 7) is 3.19. The van der Waals surface area contributed by atoms with E-state index in [-0.39, 0.29) is 12.8 Å². The SMILES string of the molecule is N#C[C@H](c1ccc2c(c1)OCO2)N1CCOCC1. The standard InChI is InChI=1S/C13H14N2O3/c14-8-11(15-3-5-16-6-4-15)10-1-2-12-13(7-10)18-9-17-12/h1-2,7,11H,3-6,9H2/t11-/m1/s1. The minimum Gasteiger partial charge on any atom is -0.454 e. The monoisotopic (exact) mass is 246 g/mol. The zero-order chi connectivity index (χ0) is 12.4. The van der Waals surface area contributed by atoms with Crippen LogP contribution in [0.3, 0.4) is 0 Å². The van der Waals surface area contributed by atoms with Crippen LogP contribution in [-0.2, 0) is 4.74 Å².